The third kappa shape index (κ3) is 5.68. The van der Waals surface area contributed by atoms with Crippen molar-refractivity contribution in [2.24, 2.45) is 17.3 Å². The number of amides is 1. The number of aromatic nitrogens is 1. The lowest BCUT2D eigenvalue weighted by Gasteiger charge is -2.33. The van der Waals surface area contributed by atoms with Gasteiger partial charge in [0.05, 0.1) is 29.4 Å². The first-order valence-electron chi connectivity index (χ1n) is 14.1. The van der Waals surface area contributed by atoms with E-state index in [2.05, 4.69) is 64.2 Å². The van der Waals surface area contributed by atoms with Crippen LogP contribution in [0, 0.1) is 17.3 Å². The molecule has 0 bridgehead atoms. The van der Waals surface area contributed by atoms with Gasteiger partial charge in [0.15, 0.2) is 0 Å². The van der Waals surface area contributed by atoms with Crippen LogP contribution in [0.2, 0.25) is 0 Å². The van der Waals surface area contributed by atoms with Gasteiger partial charge in [-0.25, -0.2) is 9.78 Å². The zero-order chi connectivity index (χ0) is 28.6. The lowest BCUT2D eigenvalue weighted by Crippen LogP contribution is -2.26. The number of ether oxygens (including phenoxy) is 1. The minimum Gasteiger partial charge on any atom is -0.465 e. The Morgan fingerprint density at radius 3 is 2.50 bits per heavy atom. The third-order valence-electron chi connectivity index (χ3n) is 7.96. The summed E-state index contributed by atoms with van der Waals surface area (Å²) in [6.45, 7) is 11.2. The van der Waals surface area contributed by atoms with Crippen LogP contribution in [0.3, 0.4) is 0 Å². The fourth-order valence-corrected chi connectivity index (χ4v) is 7.01. The molecule has 0 radical (unpaired) electrons. The first-order valence-corrected chi connectivity index (χ1v) is 14.9. The number of carbonyl (C=O) groups excluding carboxylic acids is 2. The molecule has 1 aliphatic rings. The standard InChI is InChI=1S/C34H38N2O3S/c1-20(2)17-21-11-13-22(14-12-21)28-19-26(24-9-7-8-10-27(24)35-28)31(37)36-32-30(33(38)39-6)25-16-15-23(34(3,4)5)18-29(25)40-32/h7-14,19-20,23H,15-18H2,1-6H3,(H,36,37)/t23-/m1/s1. The predicted molar refractivity (Wildman–Crippen MR) is 164 cm³/mol. The number of hydrogen-bond acceptors (Lipinski definition) is 5. The van der Waals surface area contributed by atoms with Gasteiger partial charge in [0.2, 0.25) is 0 Å². The van der Waals surface area contributed by atoms with Crippen LogP contribution in [0.5, 0.6) is 0 Å². The van der Waals surface area contributed by atoms with E-state index in [1.165, 1.54) is 28.9 Å². The minimum absolute atomic E-state index is 0.176. The first kappa shape index (κ1) is 28.0. The largest absolute Gasteiger partial charge is 0.465 e. The number of fused-ring (bicyclic) bond motifs is 2. The molecule has 5 rings (SSSR count). The highest BCUT2D eigenvalue weighted by atomic mass is 32.1. The first-order chi connectivity index (χ1) is 19.0. The van der Waals surface area contributed by atoms with Gasteiger partial charge >= 0.3 is 5.97 Å². The van der Waals surface area contributed by atoms with E-state index in [4.69, 9.17) is 9.72 Å². The number of rotatable bonds is 6. The molecular weight excluding hydrogens is 516 g/mol. The van der Waals surface area contributed by atoms with Gasteiger partial charge in [0, 0.05) is 15.8 Å². The number of anilines is 1. The van der Waals surface area contributed by atoms with Crippen LogP contribution in [0.15, 0.2) is 54.6 Å². The van der Waals surface area contributed by atoms with Crippen molar-refractivity contribution in [2.45, 2.75) is 60.3 Å². The van der Waals surface area contributed by atoms with E-state index in [-0.39, 0.29) is 11.3 Å². The van der Waals surface area contributed by atoms with Crippen molar-refractivity contribution >= 4 is 39.1 Å². The Morgan fingerprint density at radius 2 is 1.82 bits per heavy atom. The van der Waals surface area contributed by atoms with Crippen molar-refractivity contribution in [3.8, 4) is 11.3 Å². The second kappa shape index (κ2) is 11.2. The molecule has 5 nitrogen and oxygen atoms in total. The molecule has 1 N–H and O–H groups in total. The molecule has 2 aromatic carbocycles. The van der Waals surface area contributed by atoms with Crippen molar-refractivity contribution in [1.29, 1.82) is 0 Å². The van der Waals surface area contributed by atoms with Gasteiger partial charge in [-0.05, 0) is 66.2 Å². The van der Waals surface area contributed by atoms with E-state index in [1.807, 2.05) is 30.3 Å². The van der Waals surface area contributed by atoms with Gasteiger partial charge in [-0.1, -0.05) is 77.1 Å². The quantitative estimate of drug-likeness (QED) is 0.243. The molecule has 0 aliphatic heterocycles. The second-order valence-electron chi connectivity index (χ2n) is 12.3. The van der Waals surface area contributed by atoms with Crippen molar-refractivity contribution in [2.75, 3.05) is 12.4 Å². The Kier molecular flexibility index (Phi) is 7.83. The fourth-order valence-electron chi connectivity index (χ4n) is 5.70. The number of nitrogens with zero attached hydrogens (tertiary/aromatic N) is 1. The van der Waals surface area contributed by atoms with Gasteiger partial charge in [0.1, 0.15) is 5.00 Å². The molecule has 2 heterocycles. The number of para-hydroxylation sites is 1. The van der Waals surface area contributed by atoms with Crippen molar-refractivity contribution < 1.29 is 14.3 Å². The van der Waals surface area contributed by atoms with Gasteiger partial charge in [-0.15, -0.1) is 11.3 Å². The summed E-state index contributed by atoms with van der Waals surface area (Å²) in [4.78, 5) is 32.9. The normalized spacial score (nSPS) is 15.2. The van der Waals surface area contributed by atoms with Crippen molar-refractivity contribution in [3.63, 3.8) is 0 Å². The summed E-state index contributed by atoms with van der Waals surface area (Å²) >= 11 is 1.51. The molecule has 0 spiro atoms. The van der Waals surface area contributed by atoms with Gasteiger partial charge in [-0.2, -0.15) is 0 Å². The molecule has 2 aromatic heterocycles. The molecule has 1 aliphatic carbocycles. The summed E-state index contributed by atoms with van der Waals surface area (Å²) in [5, 5.41) is 4.44. The van der Waals surface area contributed by atoms with Crippen molar-refractivity contribution in [1.82, 2.24) is 4.98 Å². The average Bonchev–Trinajstić information content (AvgIpc) is 3.28. The SMILES string of the molecule is COC(=O)c1c(NC(=O)c2cc(-c3ccc(CC(C)C)cc3)nc3ccccc23)sc2c1CC[C@@H](C(C)(C)C)C2. The Balaban J connectivity index is 1.52. The second-order valence-corrected chi connectivity index (χ2v) is 13.4. The van der Waals surface area contributed by atoms with Crippen LogP contribution in [-0.4, -0.2) is 24.0 Å². The van der Waals surface area contributed by atoms with E-state index in [0.29, 0.717) is 28.0 Å². The Hall–Kier alpha value is -3.51. The maximum absolute atomic E-state index is 13.9. The summed E-state index contributed by atoms with van der Waals surface area (Å²) in [5.74, 6) is 0.444. The van der Waals surface area contributed by atoms with Gasteiger partial charge in [0.25, 0.3) is 5.91 Å². The summed E-state index contributed by atoms with van der Waals surface area (Å²) < 4.78 is 5.17. The molecule has 6 heteroatoms. The summed E-state index contributed by atoms with van der Waals surface area (Å²) in [7, 11) is 1.40. The van der Waals surface area contributed by atoms with Crippen LogP contribution in [-0.2, 0) is 24.0 Å². The van der Waals surface area contributed by atoms with Crippen LogP contribution in [0.4, 0.5) is 5.00 Å². The molecular formula is C34H38N2O3S. The maximum Gasteiger partial charge on any atom is 0.341 e. The molecule has 0 saturated heterocycles. The molecule has 4 aromatic rings. The predicted octanol–water partition coefficient (Wildman–Crippen LogP) is 8.35. The molecule has 40 heavy (non-hydrogen) atoms. The molecule has 1 amide bonds. The Bertz CT molecular complexity index is 1560. The summed E-state index contributed by atoms with van der Waals surface area (Å²) in [6.07, 6.45) is 3.74. The molecule has 0 saturated carbocycles. The number of esters is 1. The summed E-state index contributed by atoms with van der Waals surface area (Å²) in [5.41, 5.74) is 5.97. The number of hydrogen-bond donors (Lipinski definition) is 1. The molecule has 208 valence electrons. The average molecular weight is 555 g/mol. The monoisotopic (exact) mass is 554 g/mol. The highest BCUT2D eigenvalue weighted by Crippen LogP contribution is 2.44. The number of methoxy groups -OCH3 is 1. The number of pyridine rings is 1. The minimum atomic E-state index is -0.399. The molecule has 0 fully saturated rings. The Morgan fingerprint density at radius 1 is 1.10 bits per heavy atom. The zero-order valence-electron chi connectivity index (χ0n) is 24.3. The van der Waals surface area contributed by atoms with Crippen LogP contribution in [0.25, 0.3) is 22.2 Å². The van der Waals surface area contributed by atoms with Gasteiger partial charge in [-0.3, -0.25) is 4.79 Å². The Labute approximate surface area is 241 Å². The number of nitrogens with one attached hydrogen (secondary N) is 1. The van der Waals surface area contributed by atoms with E-state index >= 15 is 0 Å². The van der Waals surface area contributed by atoms with Crippen LogP contribution in [0.1, 0.15) is 77.8 Å². The van der Waals surface area contributed by atoms with Crippen LogP contribution >= 0.6 is 11.3 Å². The molecule has 1 atom stereocenters. The van der Waals surface area contributed by atoms with Gasteiger partial charge < -0.3 is 10.1 Å². The van der Waals surface area contributed by atoms with E-state index in [1.54, 1.807) is 0 Å². The highest BCUT2D eigenvalue weighted by molar-refractivity contribution is 7.17. The maximum atomic E-state index is 13.9. The smallest absolute Gasteiger partial charge is 0.341 e. The fraction of sp³-hybridized carbons (Fsp3) is 0.382. The third-order valence-corrected chi connectivity index (χ3v) is 9.13. The van der Waals surface area contributed by atoms with E-state index < -0.39 is 5.97 Å². The number of benzene rings is 2. The lowest BCUT2D eigenvalue weighted by atomic mass is 9.72. The number of thiophene rings is 1. The number of carbonyl (C=O) groups is 2. The topological polar surface area (TPSA) is 68.3 Å². The van der Waals surface area contributed by atoms with E-state index in [9.17, 15) is 9.59 Å². The zero-order valence-corrected chi connectivity index (χ0v) is 25.1. The highest BCUT2D eigenvalue weighted by Gasteiger charge is 2.34. The van der Waals surface area contributed by atoms with Crippen LogP contribution < -0.4 is 5.32 Å². The summed E-state index contributed by atoms with van der Waals surface area (Å²) in [6, 6.07) is 18.0. The lowest BCUT2D eigenvalue weighted by molar-refractivity contribution is 0.0600. The molecule has 0 unspecified atom stereocenters. The van der Waals surface area contributed by atoms with Crippen molar-refractivity contribution in [3.05, 3.63) is 81.7 Å². The van der Waals surface area contributed by atoms with E-state index in [0.717, 1.165) is 53.4 Å².